The van der Waals surface area contributed by atoms with Crippen LogP contribution < -0.4 is 0 Å². The van der Waals surface area contributed by atoms with Gasteiger partial charge in [-0.2, -0.15) is 0 Å². The van der Waals surface area contributed by atoms with Crippen molar-refractivity contribution in [1.29, 1.82) is 0 Å². The standard InChI is InChI=1S/C19H32N2O4/c1-4-6-8-9-10-12-18(22)21(13-11-7-5-2)14-17-20-16(15-25-17)19(23)24-3/h15H,4-14H2,1-3H3. The van der Waals surface area contributed by atoms with Gasteiger partial charge in [0.25, 0.3) is 0 Å². The summed E-state index contributed by atoms with van der Waals surface area (Å²) in [7, 11) is 1.30. The van der Waals surface area contributed by atoms with Gasteiger partial charge >= 0.3 is 5.97 Å². The van der Waals surface area contributed by atoms with Crippen LogP contribution in [0.25, 0.3) is 0 Å². The van der Waals surface area contributed by atoms with Gasteiger partial charge in [-0.3, -0.25) is 4.79 Å². The number of unbranched alkanes of at least 4 members (excludes halogenated alkanes) is 6. The van der Waals surface area contributed by atoms with E-state index in [-0.39, 0.29) is 11.6 Å². The van der Waals surface area contributed by atoms with E-state index >= 15 is 0 Å². The van der Waals surface area contributed by atoms with Crippen LogP contribution in [0.15, 0.2) is 10.7 Å². The van der Waals surface area contributed by atoms with E-state index in [0.717, 1.165) is 32.1 Å². The lowest BCUT2D eigenvalue weighted by Crippen LogP contribution is -2.31. The molecule has 142 valence electrons. The number of methoxy groups -OCH3 is 1. The van der Waals surface area contributed by atoms with E-state index in [4.69, 9.17) is 4.42 Å². The van der Waals surface area contributed by atoms with Crippen molar-refractivity contribution in [2.24, 2.45) is 0 Å². The minimum atomic E-state index is -0.533. The van der Waals surface area contributed by atoms with Gasteiger partial charge < -0.3 is 14.1 Å². The van der Waals surface area contributed by atoms with Crippen LogP contribution in [0, 0.1) is 0 Å². The predicted octanol–water partition coefficient (Wildman–Crippen LogP) is 4.34. The Morgan fingerprint density at radius 3 is 2.44 bits per heavy atom. The second-order valence-corrected chi connectivity index (χ2v) is 6.30. The lowest BCUT2D eigenvalue weighted by atomic mass is 10.1. The van der Waals surface area contributed by atoms with Crippen LogP contribution in [0.1, 0.15) is 88.0 Å². The van der Waals surface area contributed by atoms with Gasteiger partial charge in [-0.15, -0.1) is 0 Å². The Labute approximate surface area is 150 Å². The monoisotopic (exact) mass is 352 g/mol. The van der Waals surface area contributed by atoms with Crippen molar-refractivity contribution < 1.29 is 18.7 Å². The number of amides is 1. The van der Waals surface area contributed by atoms with Crippen molar-refractivity contribution in [3.05, 3.63) is 17.8 Å². The molecule has 1 aromatic heterocycles. The van der Waals surface area contributed by atoms with Gasteiger partial charge in [0.05, 0.1) is 13.7 Å². The molecular formula is C19H32N2O4. The molecule has 0 saturated carbocycles. The molecule has 0 saturated heterocycles. The first-order valence-corrected chi connectivity index (χ1v) is 9.42. The zero-order valence-corrected chi connectivity index (χ0v) is 15.9. The molecule has 1 rings (SSSR count). The molecule has 0 aliphatic rings. The number of hydrogen-bond donors (Lipinski definition) is 0. The number of ether oxygens (including phenoxy) is 1. The quantitative estimate of drug-likeness (QED) is 0.390. The number of oxazole rings is 1. The average Bonchev–Trinajstić information content (AvgIpc) is 3.08. The Kier molecular flexibility index (Phi) is 10.6. The van der Waals surface area contributed by atoms with Crippen molar-refractivity contribution in [1.82, 2.24) is 9.88 Å². The summed E-state index contributed by atoms with van der Waals surface area (Å²) in [5.41, 5.74) is 0.137. The van der Waals surface area contributed by atoms with Crippen LogP contribution in [-0.2, 0) is 16.1 Å². The second kappa shape index (κ2) is 12.5. The lowest BCUT2D eigenvalue weighted by molar-refractivity contribution is -0.132. The highest BCUT2D eigenvalue weighted by Crippen LogP contribution is 2.12. The first-order valence-electron chi connectivity index (χ1n) is 9.42. The molecule has 6 nitrogen and oxygen atoms in total. The normalized spacial score (nSPS) is 10.7. The van der Waals surface area contributed by atoms with Crippen molar-refractivity contribution in [2.75, 3.05) is 13.7 Å². The number of carbonyl (C=O) groups is 2. The molecule has 0 aromatic carbocycles. The van der Waals surface area contributed by atoms with Crippen molar-refractivity contribution in [3.63, 3.8) is 0 Å². The first kappa shape index (κ1) is 21.2. The molecule has 25 heavy (non-hydrogen) atoms. The third kappa shape index (κ3) is 8.18. The van der Waals surface area contributed by atoms with E-state index in [2.05, 4.69) is 23.6 Å². The largest absolute Gasteiger partial charge is 0.464 e. The lowest BCUT2D eigenvalue weighted by Gasteiger charge is -2.21. The average molecular weight is 352 g/mol. The Balaban J connectivity index is 2.57. The maximum absolute atomic E-state index is 12.5. The van der Waals surface area contributed by atoms with Gasteiger partial charge in [-0.05, 0) is 12.8 Å². The van der Waals surface area contributed by atoms with Crippen molar-refractivity contribution in [3.8, 4) is 0 Å². The van der Waals surface area contributed by atoms with Gasteiger partial charge in [0.2, 0.25) is 11.8 Å². The topological polar surface area (TPSA) is 72.6 Å². The maximum atomic E-state index is 12.5. The minimum Gasteiger partial charge on any atom is -0.464 e. The number of nitrogens with zero attached hydrogens (tertiary/aromatic N) is 2. The SMILES string of the molecule is CCCCCCCC(=O)N(CCCCC)Cc1nc(C(=O)OC)co1. The molecule has 6 heteroatoms. The highest BCUT2D eigenvalue weighted by Gasteiger charge is 2.18. The van der Waals surface area contributed by atoms with Crippen LogP contribution >= 0.6 is 0 Å². The highest BCUT2D eigenvalue weighted by atomic mass is 16.5. The fourth-order valence-electron chi connectivity index (χ4n) is 2.63. The molecule has 1 amide bonds. The molecular weight excluding hydrogens is 320 g/mol. The summed E-state index contributed by atoms with van der Waals surface area (Å²) in [5.74, 6) is -0.0311. The van der Waals surface area contributed by atoms with E-state index < -0.39 is 5.97 Å². The second-order valence-electron chi connectivity index (χ2n) is 6.30. The summed E-state index contributed by atoms with van der Waals surface area (Å²) >= 11 is 0. The van der Waals surface area contributed by atoms with E-state index in [1.165, 1.54) is 32.6 Å². The number of carbonyl (C=O) groups excluding carboxylic acids is 2. The molecule has 1 aromatic rings. The number of rotatable bonds is 13. The molecule has 0 unspecified atom stereocenters. The minimum absolute atomic E-state index is 0.130. The molecule has 0 radical (unpaired) electrons. The summed E-state index contributed by atoms with van der Waals surface area (Å²) in [4.78, 5) is 29.9. The Bertz CT molecular complexity index is 513. The molecule has 0 fully saturated rings. The molecule has 0 aliphatic heterocycles. The summed E-state index contributed by atoms with van der Waals surface area (Å²) in [6.45, 7) is 5.31. The van der Waals surface area contributed by atoms with Crippen LogP contribution in [0.2, 0.25) is 0 Å². The first-order chi connectivity index (χ1) is 12.1. The fraction of sp³-hybridized carbons (Fsp3) is 0.737. The van der Waals surface area contributed by atoms with Gasteiger partial charge in [0.1, 0.15) is 6.26 Å². The van der Waals surface area contributed by atoms with Gasteiger partial charge in [-0.25, -0.2) is 9.78 Å². The molecule has 0 bridgehead atoms. The number of hydrogen-bond acceptors (Lipinski definition) is 5. The van der Waals surface area contributed by atoms with Gasteiger partial charge in [0.15, 0.2) is 5.69 Å². The summed E-state index contributed by atoms with van der Waals surface area (Å²) < 4.78 is 9.95. The molecule has 0 atom stereocenters. The number of aromatic nitrogens is 1. The molecule has 1 heterocycles. The molecule has 0 N–H and O–H groups in total. The number of esters is 1. The van der Waals surface area contributed by atoms with Crippen molar-refractivity contribution >= 4 is 11.9 Å². The Hall–Kier alpha value is -1.85. The maximum Gasteiger partial charge on any atom is 0.360 e. The van der Waals surface area contributed by atoms with Crippen LogP contribution in [0.5, 0.6) is 0 Å². The fourth-order valence-corrected chi connectivity index (χ4v) is 2.63. The van der Waals surface area contributed by atoms with E-state index in [1.54, 1.807) is 4.90 Å². The van der Waals surface area contributed by atoms with E-state index in [1.807, 2.05) is 0 Å². The van der Waals surface area contributed by atoms with Crippen LogP contribution in [-0.4, -0.2) is 35.4 Å². The van der Waals surface area contributed by atoms with Gasteiger partial charge in [0, 0.05) is 13.0 Å². The summed E-state index contributed by atoms with van der Waals surface area (Å²) in [5, 5.41) is 0. The molecule has 0 aliphatic carbocycles. The third-order valence-corrected chi connectivity index (χ3v) is 4.15. The Morgan fingerprint density at radius 2 is 1.76 bits per heavy atom. The summed E-state index contributed by atoms with van der Waals surface area (Å²) in [6, 6.07) is 0. The van der Waals surface area contributed by atoms with Crippen LogP contribution in [0.4, 0.5) is 0 Å². The zero-order chi connectivity index (χ0) is 18.5. The van der Waals surface area contributed by atoms with Crippen molar-refractivity contribution in [2.45, 2.75) is 78.2 Å². The zero-order valence-electron chi connectivity index (χ0n) is 15.9. The smallest absolute Gasteiger partial charge is 0.360 e. The van der Waals surface area contributed by atoms with E-state index in [9.17, 15) is 9.59 Å². The van der Waals surface area contributed by atoms with E-state index in [0.29, 0.717) is 25.4 Å². The van der Waals surface area contributed by atoms with Gasteiger partial charge in [-0.1, -0.05) is 52.4 Å². The molecule has 0 spiro atoms. The third-order valence-electron chi connectivity index (χ3n) is 4.15. The highest BCUT2D eigenvalue weighted by molar-refractivity contribution is 5.86. The predicted molar refractivity (Wildman–Crippen MR) is 96.2 cm³/mol. The Morgan fingerprint density at radius 1 is 1.08 bits per heavy atom. The summed E-state index contributed by atoms with van der Waals surface area (Å²) in [6.07, 6.45) is 10.6. The van der Waals surface area contributed by atoms with Crippen LogP contribution in [0.3, 0.4) is 0 Å².